The average Bonchev–Trinajstić information content (AvgIpc) is 2.81. The molecule has 96 valence electrons. The fourth-order valence-corrected chi connectivity index (χ4v) is 2.80. The van der Waals surface area contributed by atoms with E-state index < -0.39 is 0 Å². The second-order valence-electron chi connectivity index (χ2n) is 5.09. The van der Waals surface area contributed by atoms with E-state index >= 15 is 0 Å². The number of rotatable bonds is 2. The van der Waals surface area contributed by atoms with Gasteiger partial charge in [-0.15, -0.1) is 0 Å². The molecule has 0 aromatic heterocycles. The van der Waals surface area contributed by atoms with Crippen LogP contribution in [0.5, 0.6) is 5.75 Å². The van der Waals surface area contributed by atoms with Gasteiger partial charge in [-0.3, -0.25) is 0 Å². The smallest absolute Gasteiger partial charge is 0.220 e. The SMILES string of the molecule is NCC1CCC2OC(c3ccccc3O)=NC2C1. The maximum absolute atomic E-state index is 9.82. The molecule has 1 aromatic rings. The largest absolute Gasteiger partial charge is 0.507 e. The maximum Gasteiger partial charge on any atom is 0.220 e. The Morgan fingerprint density at radius 1 is 1.33 bits per heavy atom. The van der Waals surface area contributed by atoms with E-state index in [-0.39, 0.29) is 17.9 Å². The Kier molecular flexibility index (Phi) is 2.96. The number of para-hydroxylation sites is 1. The molecule has 0 bridgehead atoms. The quantitative estimate of drug-likeness (QED) is 0.834. The van der Waals surface area contributed by atoms with Gasteiger partial charge in [-0.05, 0) is 43.9 Å². The Balaban J connectivity index is 1.82. The highest BCUT2D eigenvalue weighted by atomic mass is 16.5. The average molecular weight is 246 g/mol. The van der Waals surface area contributed by atoms with Gasteiger partial charge in [0.25, 0.3) is 0 Å². The van der Waals surface area contributed by atoms with E-state index in [2.05, 4.69) is 4.99 Å². The van der Waals surface area contributed by atoms with Gasteiger partial charge in [-0.2, -0.15) is 0 Å². The summed E-state index contributed by atoms with van der Waals surface area (Å²) in [6.45, 7) is 0.727. The number of hydrogen-bond acceptors (Lipinski definition) is 4. The predicted molar refractivity (Wildman–Crippen MR) is 69.7 cm³/mol. The van der Waals surface area contributed by atoms with Crippen molar-refractivity contribution in [2.45, 2.75) is 31.4 Å². The lowest BCUT2D eigenvalue weighted by Gasteiger charge is -2.28. The molecule has 4 heteroatoms. The molecule has 4 nitrogen and oxygen atoms in total. The molecule has 2 aliphatic rings. The molecule has 1 saturated carbocycles. The Labute approximate surface area is 106 Å². The molecule has 0 amide bonds. The minimum atomic E-state index is 0.169. The number of benzene rings is 1. The number of hydrogen-bond donors (Lipinski definition) is 2. The molecule has 3 rings (SSSR count). The van der Waals surface area contributed by atoms with Crippen LogP contribution in [0.2, 0.25) is 0 Å². The summed E-state index contributed by atoms with van der Waals surface area (Å²) < 4.78 is 5.87. The van der Waals surface area contributed by atoms with Crippen LogP contribution in [0, 0.1) is 5.92 Å². The van der Waals surface area contributed by atoms with Gasteiger partial charge in [0.2, 0.25) is 5.90 Å². The topological polar surface area (TPSA) is 67.8 Å². The summed E-state index contributed by atoms with van der Waals surface area (Å²) >= 11 is 0. The highest BCUT2D eigenvalue weighted by Crippen LogP contribution is 2.34. The first-order chi connectivity index (χ1) is 8.78. The van der Waals surface area contributed by atoms with Crippen LogP contribution in [-0.2, 0) is 4.74 Å². The van der Waals surface area contributed by atoms with Crippen LogP contribution < -0.4 is 5.73 Å². The van der Waals surface area contributed by atoms with Gasteiger partial charge < -0.3 is 15.6 Å². The van der Waals surface area contributed by atoms with E-state index in [4.69, 9.17) is 10.5 Å². The van der Waals surface area contributed by atoms with Gasteiger partial charge in [0.05, 0.1) is 11.6 Å². The molecule has 3 atom stereocenters. The first-order valence-corrected chi connectivity index (χ1v) is 6.51. The molecule has 1 aromatic carbocycles. The second-order valence-corrected chi connectivity index (χ2v) is 5.09. The highest BCUT2D eigenvalue weighted by molar-refractivity contribution is 5.97. The monoisotopic (exact) mass is 246 g/mol. The van der Waals surface area contributed by atoms with E-state index in [9.17, 15) is 5.11 Å². The number of aliphatic imine (C=N–C) groups is 1. The molecule has 0 spiro atoms. The zero-order valence-corrected chi connectivity index (χ0v) is 10.2. The molecule has 3 unspecified atom stereocenters. The van der Waals surface area contributed by atoms with Crippen LogP contribution in [0.25, 0.3) is 0 Å². The van der Waals surface area contributed by atoms with Gasteiger partial charge in [0.15, 0.2) is 0 Å². The van der Waals surface area contributed by atoms with Gasteiger partial charge in [-0.25, -0.2) is 4.99 Å². The van der Waals surface area contributed by atoms with Gasteiger partial charge in [0.1, 0.15) is 11.9 Å². The Morgan fingerprint density at radius 3 is 2.94 bits per heavy atom. The standard InChI is InChI=1S/C14H18N2O2/c15-8-9-5-6-13-11(7-9)16-14(18-13)10-3-1-2-4-12(10)17/h1-4,9,11,13,17H,5-8,15H2. The third-order valence-electron chi connectivity index (χ3n) is 3.88. The van der Waals surface area contributed by atoms with Crippen molar-refractivity contribution in [2.75, 3.05) is 6.54 Å². The predicted octanol–water partition coefficient (Wildman–Crippen LogP) is 1.66. The summed E-state index contributed by atoms with van der Waals surface area (Å²) in [5.41, 5.74) is 6.42. The molecular weight excluding hydrogens is 228 g/mol. The zero-order chi connectivity index (χ0) is 12.5. The summed E-state index contributed by atoms with van der Waals surface area (Å²) in [5, 5.41) is 9.82. The number of fused-ring (bicyclic) bond motifs is 1. The van der Waals surface area contributed by atoms with Crippen LogP contribution in [0.4, 0.5) is 0 Å². The van der Waals surface area contributed by atoms with Crippen molar-refractivity contribution in [3.8, 4) is 5.75 Å². The minimum absolute atomic E-state index is 0.169. The number of aromatic hydroxyl groups is 1. The third kappa shape index (κ3) is 1.97. The van der Waals surface area contributed by atoms with Crippen LogP contribution >= 0.6 is 0 Å². The summed E-state index contributed by atoms with van der Waals surface area (Å²) in [5.74, 6) is 1.37. The van der Waals surface area contributed by atoms with E-state index in [0.29, 0.717) is 17.4 Å². The Morgan fingerprint density at radius 2 is 2.17 bits per heavy atom. The molecule has 3 N–H and O–H groups in total. The number of phenols is 1. The highest BCUT2D eigenvalue weighted by Gasteiger charge is 2.37. The fraction of sp³-hybridized carbons (Fsp3) is 0.500. The Bertz CT molecular complexity index is 473. The van der Waals surface area contributed by atoms with Crippen molar-refractivity contribution in [3.63, 3.8) is 0 Å². The number of phenolic OH excluding ortho intramolecular Hbond substituents is 1. The zero-order valence-electron chi connectivity index (χ0n) is 10.2. The van der Waals surface area contributed by atoms with Crippen LogP contribution in [0.1, 0.15) is 24.8 Å². The van der Waals surface area contributed by atoms with Crippen molar-refractivity contribution < 1.29 is 9.84 Å². The van der Waals surface area contributed by atoms with Crippen molar-refractivity contribution in [3.05, 3.63) is 29.8 Å². The van der Waals surface area contributed by atoms with Crippen molar-refractivity contribution in [1.82, 2.24) is 0 Å². The number of nitrogens with zero attached hydrogens (tertiary/aromatic N) is 1. The normalized spacial score (nSPS) is 30.5. The third-order valence-corrected chi connectivity index (χ3v) is 3.88. The lowest BCUT2D eigenvalue weighted by Crippen LogP contribution is -2.33. The molecular formula is C14H18N2O2. The van der Waals surface area contributed by atoms with Crippen LogP contribution in [-0.4, -0.2) is 29.7 Å². The van der Waals surface area contributed by atoms with E-state index in [1.54, 1.807) is 12.1 Å². The van der Waals surface area contributed by atoms with Crippen LogP contribution in [0.3, 0.4) is 0 Å². The number of ether oxygens (including phenoxy) is 1. The maximum atomic E-state index is 9.82. The molecule has 1 heterocycles. The van der Waals surface area contributed by atoms with Crippen molar-refractivity contribution in [1.29, 1.82) is 0 Å². The van der Waals surface area contributed by atoms with E-state index in [0.717, 1.165) is 25.8 Å². The first-order valence-electron chi connectivity index (χ1n) is 6.51. The lowest BCUT2D eigenvalue weighted by molar-refractivity contribution is 0.129. The van der Waals surface area contributed by atoms with Crippen LogP contribution in [0.15, 0.2) is 29.3 Å². The molecule has 0 saturated heterocycles. The minimum Gasteiger partial charge on any atom is -0.507 e. The second kappa shape index (κ2) is 4.61. The Hall–Kier alpha value is -1.55. The molecule has 1 aliphatic heterocycles. The summed E-state index contributed by atoms with van der Waals surface area (Å²) in [6.07, 6.45) is 3.29. The molecule has 0 radical (unpaired) electrons. The van der Waals surface area contributed by atoms with Gasteiger partial charge >= 0.3 is 0 Å². The van der Waals surface area contributed by atoms with Crippen molar-refractivity contribution in [2.24, 2.45) is 16.6 Å². The molecule has 18 heavy (non-hydrogen) atoms. The summed E-state index contributed by atoms with van der Waals surface area (Å²) in [4.78, 5) is 4.62. The fourth-order valence-electron chi connectivity index (χ4n) is 2.80. The lowest BCUT2D eigenvalue weighted by atomic mass is 9.84. The van der Waals surface area contributed by atoms with Gasteiger partial charge in [0, 0.05) is 0 Å². The first kappa shape index (κ1) is 11.5. The van der Waals surface area contributed by atoms with E-state index in [1.807, 2.05) is 12.1 Å². The summed E-state index contributed by atoms with van der Waals surface area (Å²) in [6, 6.07) is 7.39. The summed E-state index contributed by atoms with van der Waals surface area (Å²) in [7, 11) is 0. The van der Waals surface area contributed by atoms with Gasteiger partial charge in [-0.1, -0.05) is 12.1 Å². The molecule has 1 aliphatic carbocycles. The molecule has 1 fully saturated rings. The number of nitrogens with two attached hydrogens (primary N) is 1. The van der Waals surface area contributed by atoms with Crippen molar-refractivity contribution >= 4 is 5.90 Å². The van der Waals surface area contributed by atoms with E-state index in [1.165, 1.54) is 0 Å².